The lowest BCUT2D eigenvalue weighted by molar-refractivity contribution is 0.285. The number of hydrogen-bond donors (Lipinski definition) is 1. The molecular formula is C9H13ClN2OS. The summed E-state index contributed by atoms with van der Waals surface area (Å²) in [6.45, 7) is 7.25. The molecule has 1 rings (SSSR count). The van der Waals surface area contributed by atoms with Crippen LogP contribution in [0.25, 0.3) is 0 Å². The first-order chi connectivity index (χ1) is 6.72. The van der Waals surface area contributed by atoms with Gasteiger partial charge in [-0.15, -0.1) is 6.58 Å². The number of aliphatic hydroxyl groups excluding tert-OH is 1. The van der Waals surface area contributed by atoms with Gasteiger partial charge in [0.1, 0.15) is 5.15 Å². The van der Waals surface area contributed by atoms with E-state index in [-0.39, 0.29) is 6.61 Å². The zero-order valence-corrected chi connectivity index (χ0v) is 9.61. The highest BCUT2D eigenvalue weighted by atomic mass is 35.5. The van der Waals surface area contributed by atoms with Gasteiger partial charge in [-0.05, 0) is 6.92 Å². The normalized spacial score (nSPS) is 10.2. The van der Waals surface area contributed by atoms with Crippen LogP contribution in [0.4, 0.5) is 5.13 Å². The molecule has 0 aliphatic heterocycles. The molecule has 1 N–H and O–H groups in total. The first-order valence-electron chi connectivity index (χ1n) is 4.34. The molecule has 1 heterocycles. The molecule has 0 amide bonds. The van der Waals surface area contributed by atoms with Gasteiger partial charge in [0, 0.05) is 13.1 Å². The fraction of sp³-hybridized carbons (Fsp3) is 0.444. The van der Waals surface area contributed by atoms with E-state index in [0.29, 0.717) is 10.0 Å². The van der Waals surface area contributed by atoms with Crippen LogP contribution < -0.4 is 4.90 Å². The van der Waals surface area contributed by atoms with Crippen molar-refractivity contribution in [3.8, 4) is 0 Å². The van der Waals surface area contributed by atoms with E-state index in [1.54, 1.807) is 0 Å². The Morgan fingerprint density at radius 3 is 2.86 bits per heavy atom. The summed E-state index contributed by atoms with van der Waals surface area (Å²) < 4.78 is 0. The number of nitrogens with zero attached hydrogens (tertiary/aromatic N) is 2. The zero-order valence-electron chi connectivity index (χ0n) is 8.03. The molecule has 0 atom stereocenters. The Morgan fingerprint density at radius 1 is 1.71 bits per heavy atom. The van der Waals surface area contributed by atoms with Crippen LogP contribution in [0.15, 0.2) is 12.7 Å². The minimum absolute atomic E-state index is 0.0534. The Kier molecular flexibility index (Phi) is 4.38. The first kappa shape index (κ1) is 11.5. The maximum absolute atomic E-state index is 8.96. The molecule has 0 aliphatic carbocycles. The van der Waals surface area contributed by atoms with E-state index in [1.807, 2.05) is 17.9 Å². The topological polar surface area (TPSA) is 36.4 Å². The third-order valence-electron chi connectivity index (χ3n) is 1.78. The highest BCUT2D eigenvalue weighted by molar-refractivity contribution is 7.16. The van der Waals surface area contributed by atoms with Crippen molar-refractivity contribution < 1.29 is 5.11 Å². The standard InChI is InChI=1S/C9H13ClN2OS/c1-3-5-12(4-2)9-11-8(10)7(6-13)14-9/h3,13H,1,4-6H2,2H3. The van der Waals surface area contributed by atoms with Crippen molar-refractivity contribution >= 4 is 28.1 Å². The summed E-state index contributed by atoms with van der Waals surface area (Å²) in [7, 11) is 0. The highest BCUT2D eigenvalue weighted by Crippen LogP contribution is 2.29. The van der Waals surface area contributed by atoms with E-state index in [0.717, 1.165) is 18.2 Å². The second-order valence-corrected chi connectivity index (χ2v) is 4.12. The van der Waals surface area contributed by atoms with Gasteiger partial charge in [0.05, 0.1) is 11.5 Å². The molecule has 0 fully saturated rings. The number of rotatable bonds is 5. The molecule has 0 aliphatic rings. The van der Waals surface area contributed by atoms with Crippen molar-refractivity contribution in [3.05, 3.63) is 22.7 Å². The molecule has 3 nitrogen and oxygen atoms in total. The number of anilines is 1. The van der Waals surface area contributed by atoms with Crippen LogP contribution in [-0.4, -0.2) is 23.2 Å². The van der Waals surface area contributed by atoms with E-state index >= 15 is 0 Å². The number of likely N-dealkylation sites (N-methyl/N-ethyl adjacent to an activating group) is 1. The van der Waals surface area contributed by atoms with E-state index in [2.05, 4.69) is 11.6 Å². The molecule has 0 aromatic carbocycles. The molecule has 0 saturated carbocycles. The van der Waals surface area contributed by atoms with Crippen molar-refractivity contribution in [2.75, 3.05) is 18.0 Å². The Labute approximate surface area is 92.6 Å². The van der Waals surface area contributed by atoms with Crippen LogP contribution in [0, 0.1) is 0 Å². The van der Waals surface area contributed by atoms with Gasteiger partial charge in [-0.25, -0.2) is 4.98 Å². The molecule has 0 bridgehead atoms. The number of aromatic nitrogens is 1. The number of halogens is 1. The Bertz CT molecular complexity index is 314. The van der Waals surface area contributed by atoms with E-state index in [1.165, 1.54) is 11.3 Å². The molecule has 0 spiro atoms. The monoisotopic (exact) mass is 232 g/mol. The molecule has 0 unspecified atom stereocenters. The third kappa shape index (κ3) is 2.47. The number of aliphatic hydroxyl groups is 1. The zero-order chi connectivity index (χ0) is 10.6. The van der Waals surface area contributed by atoms with E-state index < -0.39 is 0 Å². The summed E-state index contributed by atoms with van der Waals surface area (Å²) in [6, 6.07) is 0. The SMILES string of the molecule is C=CCN(CC)c1nc(Cl)c(CO)s1. The lowest BCUT2D eigenvalue weighted by Gasteiger charge is -2.16. The number of hydrogen-bond acceptors (Lipinski definition) is 4. The summed E-state index contributed by atoms with van der Waals surface area (Å²) in [5.74, 6) is 0. The molecule has 0 saturated heterocycles. The Balaban J connectivity index is 2.87. The third-order valence-corrected chi connectivity index (χ3v) is 3.31. The Hall–Kier alpha value is -0.580. The quantitative estimate of drug-likeness (QED) is 0.792. The predicted octanol–water partition coefficient (Wildman–Crippen LogP) is 2.30. The summed E-state index contributed by atoms with van der Waals surface area (Å²) in [6.07, 6.45) is 1.82. The lowest BCUT2D eigenvalue weighted by atomic mass is 10.5. The average Bonchev–Trinajstić information content (AvgIpc) is 2.56. The van der Waals surface area contributed by atoms with Crippen LogP contribution in [-0.2, 0) is 6.61 Å². The average molecular weight is 233 g/mol. The van der Waals surface area contributed by atoms with Crippen LogP contribution in [0.2, 0.25) is 5.15 Å². The molecule has 78 valence electrons. The highest BCUT2D eigenvalue weighted by Gasteiger charge is 2.12. The van der Waals surface area contributed by atoms with Crippen molar-refractivity contribution in [3.63, 3.8) is 0 Å². The van der Waals surface area contributed by atoms with Gasteiger partial charge in [-0.2, -0.15) is 0 Å². The minimum atomic E-state index is -0.0534. The van der Waals surface area contributed by atoms with Crippen molar-refractivity contribution in [1.29, 1.82) is 0 Å². The van der Waals surface area contributed by atoms with Crippen molar-refractivity contribution in [2.24, 2.45) is 0 Å². The fourth-order valence-electron chi connectivity index (χ4n) is 1.05. The van der Waals surface area contributed by atoms with Gasteiger partial charge in [0.25, 0.3) is 0 Å². The van der Waals surface area contributed by atoms with Gasteiger partial charge >= 0.3 is 0 Å². The molecule has 1 aromatic heterocycles. The molecule has 0 radical (unpaired) electrons. The minimum Gasteiger partial charge on any atom is -0.391 e. The van der Waals surface area contributed by atoms with Crippen LogP contribution in [0.5, 0.6) is 0 Å². The molecule has 1 aromatic rings. The maximum Gasteiger partial charge on any atom is 0.187 e. The number of thiazole rings is 1. The summed E-state index contributed by atoms with van der Waals surface area (Å²) >= 11 is 7.25. The second-order valence-electron chi connectivity index (χ2n) is 2.70. The molecule has 14 heavy (non-hydrogen) atoms. The van der Waals surface area contributed by atoms with Gasteiger partial charge in [0.2, 0.25) is 0 Å². The maximum atomic E-state index is 8.96. The largest absolute Gasteiger partial charge is 0.391 e. The van der Waals surface area contributed by atoms with E-state index in [9.17, 15) is 0 Å². The van der Waals surface area contributed by atoms with E-state index in [4.69, 9.17) is 16.7 Å². The first-order valence-corrected chi connectivity index (χ1v) is 5.54. The predicted molar refractivity (Wildman–Crippen MR) is 61.1 cm³/mol. The molecular weight excluding hydrogens is 220 g/mol. The van der Waals surface area contributed by atoms with Gasteiger partial charge in [0.15, 0.2) is 5.13 Å². The lowest BCUT2D eigenvalue weighted by Crippen LogP contribution is -2.22. The van der Waals surface area contributed by atoms with Gasteiger partial charge < -0.3 is 10.0 Å². The summed E-state index contributed by atoms with van der Waals surface area (Å²) in [4.78, 5) is 6.93. The van der Waals surface area contributed by atoms with Crippen LogP contribution in [0.1, 0.15) is 11.8 Å². The smallest absolute Gasteiger partial charge is 0.187 e. The summed E-state index contributed by atoms with van der Waals surface area (Å²) in [5.41, 5.74) is 0. The van der Waals surface area contributed by atoms with Gasteiger partial charge in [-0.3, -0.25) is 0 Å². The van der Waals surface area contributed by atoms with Crippen molar-refractivity contribution in [1.82, 2.24) is 4.98 Å². The molecule has 5 heteroatoms. The van der Waals surface area contributed by atoms with Crippen LogP contribution in [0.3, 0.4) is 0 Å². The van der Waals surface area contributed by atoms with Gasteiger partial charge in [-0.1, -0.05) is 29.0 Å². The fourth-order valence-corrected chi connectivity index (χ4v) is 2.24. The summed E-state index contributed by atoms with van der Waals surface area (Å²) in [5, 5.41) is 10.2. The van der Waals surface area contributed by atoms with Crippen LogP contribution >= 0.6 is 22.9 Å². The Morgan fingerprint density at radius 2 is 2.43 bits per heavy atom. The second kappa shape index (κ2) is 5.34. The van der Waals surface area contributed by atoms with Crippen molar-refractivity contribution in [2.45, 2.75) is 13.5 Å².